The van der Waals surface area contributed by atoms with E-state index in [4.69, 9.17) is 20.0 Å². The lowest BCUT2D eigenvalue weighted by Crippen LogP contribution is -2.52. The number of hydrogen-bond acceptors (Lipinski definition) is 11. The fourth-order valence-electron chi connectivity index (χ4n) is 6.39. The van der Waals surface area contributed by atoms with E-state index in [0.717, 1.165) is 51.1 Å². The quantitative estimate of drug-likeness (QED) is 0.339. The van der Waals surface area contributed by atoms with Crippen molar-refractivity contribution in [1.82, 2.24) is 24.9 Å². The molecule has 3 saturated heterocycles. The van der Waals surface area contributed by atoms with Crippen LogP contribution < -0.4 is 21.3 Å². The first-order chi connectivity index (χ1) is 21.0. The SMILES string of the molecule is CCc1cc(Nc2nc(NC3CCOCC3)c(-c3ccon3)nc2C(N)=O)ccc1N1CCC(N2CCN(C)CC2)CC1. The first-order valence-corrected chi connectivity index (χ1v) is 15.5. The number of piperidine rings is 1. The van der Waals surface area contributed by atoms with Gasteiger partial charge in [-0.3, -0.25) is 9.69 Å². The molecule has 12 heteroatoms. The minimum atomic E-state index is -0.673. The molecule has 0 aliphatic carbocycles. The van der Waals surface area contributed by atoms with Crippen LogP contribution in [-0.2, 0) is 11.2 Å². The maximum absolute atomic E-state index is 12.6. The van der Waals surface area contributed by atoms with Crippen LogP contribution in [-0.4, -0.2) is 102 Å². The number of anilines is 4. The van der Waals surface area contributed by atoms with Crippen molar-refractivity contribution >= 4 is 28.9 Å². The van der Waals surface area contributed by atoms with Crippen molar-refractivity contribution in [2.45, 2.75) is 51.1 Å². The van der Waals surface area contributed by atoms with Crippen LogP contribution in [0.5, 0.6) is 0 Å². The van der Waals surface area contributed by atoms with Crippen LogP contribution in [0.3, 0.4) is 0 Å². The van der Waals surface area contributed by atoms with Crippen molar-refractivity contribution in [1.29, 1.82) is 0 Å². The Bertz CT molecular complexity index is 1380. The molecule has 0 saturated carbocycles. The van der Waals surface area contributed by atoms with Gasteiger partial charge in [0.1, 0.15) is 17.7 Å². The number of aromatic nitrogens is 3. The number of rotatable bonds is 9. The molecule has 3 aliphatic heterocycles. The Morgan fingerprint density at radius 3 is 2.44 bits per heavy atom. The monoisotopic (exact) mass is 589 g/mol. The van der Waals surface area contributed by atoms with Gasteiger partial charge in [-0.25, -0.2) is 9.97 Å². The number of amides is 1. The van der Waals surface area contributed by atoms with Gasteiger partial charge in [0.15, 0.2) is 17.3 Å². The molecule has 3 fully saturated rings. The van der Waals surface area contributed by atoms with Crippen molar-refractivity contribution in [3.63, 3.8) is 0 Å². The number of piperazine rings is 1. The number of nitrogens with two attached hydrogens (primary N) is 1. The van der Waals surface area contributed by atoms with Crippen LogP contribution in [0.2, 0.25) is 0 Å². The second-order valence-corrected chi connectivity index (χ2v) is 11.8. The van der Waals surface area contributed by atoms with E-state index in [0.29, 0.717) is 42.3 Å². The molecule has 43 heavy (non-hydrogen) atoms. The number of carbonyl (C=O) groups excluding carboxylic acids is 1. The third-order valence-corrected chi connectivity index (χ3v) is 8.95. The summed E-state index contributed by atoms with van der Waals surface area (Å²) in [5.41, 5.74) is 10.1. The van der Waals surface area contributed by atoms with Gasteiger partial charge < -0.3 is 35.4 Å². The highest BCUT2D eigenvalue weighted by atomic mass is 16.5. The molecule has 1 amide bonds. The molecule has 230 valence electrons. The minimum absolute atomic E-state index is 0.0450. The summed E-state index contributed by atoms with van der Waals surface area (Å²) in [6.07, 6.45) is 6.41. The molecule has 1 aromatic carbocycles. The third kappa shape index (κ3) is 6.76. The molecular formula is C31H43N9O3. The number of nitrogens with one attached hydrogen (secondary N) is 2. The van der Waals surface area contributed by atoms with E-state index in [9.17, 15) is 4.79 Å². The number of aryl methyl sites for hydroxylation is 1. The van der Waals surface area contributed by atoms with Gasteiger partial charge in [0.2, 0.25) is 0 Å². The third-order valence-electron chi connectivity index (χ3n) is 8.95. The van der Waals surface area contributed by atoms with E-state index in [1.807, 2.05) is 6.07 Å². The average molecular weight is 590 g/mol. The Labute approximate surface area is 252 Å². The molecular weight excluding hydrogens is 546 g/mol. The zero-order valence-electron chi connectivity index (χ0n) is 25.2. The molecule has 2 aromatic heterocycles. The van der Waals surface area contributed by atoms with Crippen LogP contribution in [0, 0.1) is 0 Å². The normalized spacial score (nSPS) is 19.4. The Kier molecular flexibility index (Phi) is 9.06. The fourth-order valence-corrected chi connectivity index (χ4v) is 6.39. The van der Waals surface area contributed by atoms with Crippen molar-refractivity contribution in [3.8, 4) is 11.4 Å². The molecule has 3 aliphatic rings. The highest BCUT2D eigenvalue weighted by molar-refractivity contribution is 5.97. The van der Waals surface area contributed by atoms with E-state index in [1.54, 1.807) is 6.07 Å². The van der Waals surface area contributed by atoms with E-state index >= 15 is 0 Å². The highest BCUT2D eigenvalue weighted by Gasteiger charge is 2.28. The molecule has 0 unspecified atom stereocenters. The lowest BCUT2D eigenvalue weighted by atomic mass is 10.00. The van der Waals surface area contributed by atoms with E-state index in [-0.39, 0.29) is 11.7 Å². The van der Waals surface area contributed by atoms with Gasteiger partial charge in [0, 0.05) is 82.0 Å². The Morgan fingerprint density at radius 2 is 1.77 bits per heavy atom. The van der Waals surface area contributed by atoms with Crippen molar-refractivity contribution in [2.24, 2.45) is 5.73 Å². The van der Waals surface area contributed by atoms with Crippen molar-refractivity contribution in [3.05, 3.63) is 41.8 Å². The predicted molar refractivity (Wildman–Crippen MR) is 167 cm³/mol. The van der Waals surface area contributed by atoms with Gasteiger partial charge in [-0.1, -0.05) is 12.1 Å². The predicted octanol–water partition coefficient (Wildman–Crippen LogP) is 3.34. The second kappa shape index (κ2) is 13.3. The molecule has 3 aromatic rings. The number of hydrogen-bond donors (Lipinski definition) is 3. The van der Waals surface area contributed by atoms with Gasteiger partial charge in [-0.2, -0.15) is 0 Å². The number of carbonyl (C=O) groups is 1. The molecule has 0 radical (unpaired) electrons. The molecule has 0 atom stereocenters. The lowest BCUT2D eigenvalue weighted by Gasteiger charge is -2.43. The van der Waals surface area contributed by atoms with E-state index < -0.39 is 5.91 Å². The fraction of sp³-hybridized carbons (Fsp3) is 0.548. The zero-order chi connectivity index (χ0) is 29.8. The summed E-state index contributed by atoms with van der Waals surface area (Å²) >= 11 is 0. The number of benzene rings is 1. The summed E-state index contributed by atoms with van der Waals surface area (Å²) < 4.78 is 10.6. The number of likely N-dealkylation sites (N-methyl/N-ethyl adjacent to an activating group) is 1. The summed E-state index contributed by atoms with van der Waals surface area (Å²) in [4.78, 5) is 29.6. The van der Waals surface area contributed by atoms with Gasteiger partial charge in [-0.05, 0) is 62.9 Å². The first kappa shape index (κ1) is 29.3. The van der Waals surface area contributed by atoms with Gasteiger partial charge in [0.05, 0.1) is 0 Å². The summed E-state index contributed by atoms with van der Waals surface area (Å²) in [5, 5.41) is 10.9. The molecule has 6 rings (SSSR count). The topological polar surface area (TPSA) is 138 Å². The summed E-state index contributed by atoms with van der Waals surface area (Å²) in [5.74, 6) is 0.147. The first-order valence-electron chi connectivity index (χ1n) is 15.5. The smallest absolute Gasteiger partial charge is 0.271 e. The summed E-state index contributed by atoms with van der Waals surface area (Å²) in [7, 11) is 2.21. The zero-order valence-corrected chi connectivity index (χ0v) is 25.2. The van der Waals surface area contributed by atoms with E-state index in [2.05, 4.69) is 61.6 Å². The Balaban J connectivity index is 1.22. The molecule has 4 N–H and O–H groups in total. The van der Waals surface area contributed by atoms with Crippen LogP contribution in [0.15, 0.2) is 35.1 Å². The molecule has 5 heterocycles. The summed E-state index contributed by atoms with van der Waals surface area (Å²) in [6.45, 7) is 10.3. The van der Waals surface area contributed by atoms with Crippen LogP contribution in [0.1, 0.15) is 48.7 Å². The molecule has 0 bridgehead atoms. The molecule has 12 nitrogen and oxygen atoms in total. The van der Waals surface area contributed by atoms with Crippen LogP contribution >= 0.6 is 0 Å². The molecule has 0 spiro atoms. The van der Waals surface area contributed by atoms with Gasteiger partial charge in [0.25, 0.3) is 5.91 Å². The van der Waals surface area contributed by atoms with Gasteiger partial charge >= 0.3 is 0 Å². The highest BCUT2D eigenvalue weighted by Crippen LogP contribution is 2.33. The summed E-state index contributed by atoms with van der Waals surface area (Å²) in [6, 6.07) is 8.89. The maximum Gasteiger partial charge on any atom is 0.271 e. The minimum Gasteiger partial charge on any atom is -0.381 e. The van der Waals surface area contributed by atoms with Crippen molar-refractivity contribution < 1.29 is 14.1 Å². The van der Waals surface area contributed by atoms with Crippen LogP contribution in [0.25, 0.3) is 11.4 Å². The van der Waals surface area contributed by atoms with E-state index in [1.165, 1.54) is 43.4 Å². The number of ether oxygens (including phenoxy) is 1. The van der Waals surface area contributed by atoms with Gasteiger partial charge in [-0.15, -0.1) is 0 Å². The second-order valence-electron chi connectivity index (χ2n) is 11.8. The Morgan fingerprint density at radius 1 is 1.00 bits per heavy atom. The maximum atomic E-state index is 12.6. The lowest BCUT2D eigenvalue weighted by molar-refractivity contribution is 0.0904. The van der Waals surface area contributed by atoms with Crippen molar-refractivity contribution in [2.75, 3.05) is 75.1 Å². The number of nitrogens with zero attached hydrogens (tertiary/aromatic N) is 6. The van der Waals surface area contributed by atoms with Crippen LogP contribution in [0.4, 0.5) is 23.0 Å². The largest absolute Gasteiger partial charge is 0.381 e. The number of primary amides is 1. The average Bonchev–Trinajstić information content (AvgIpc) is 3.57. The standard InChI is InChI=1S/C31H43N9O3/c1-3-21-20-23(4-5-26(21)40-11-6-24(7-12-40)39-15-13-38(2)14-16-39)34-31-28(29(32)41)35-27(25-10-19-43-37-25)30(36-31)33-22-8-17-42-18-9-22/h4-5,10,19-20,22,24H,3,6-9,11-18H2,1-2H3,(H2,32,41)(H2,33,34,36). The Hall–Kier alpha value is -3.74.